The molecule has 0 aromatic heterocycles. The monoisotopic (exact) mass is 195 g/mol. The Morgan fingerprint density at radius 1 is 1.36 bits per heavy atom. The first-order chi connectivity index (χ1) is 6.45. The summed E-state index contributed by atoms with van der Waals surface area (Å²) in [5.41, 5.74) is 4.97. The molecule has 1 rings (SSSR count). The second-order valence-electron chi connectivity index (χ2n) is 2.80. The highest BCUT2D eigenvalue weighted by Crippen LogP contribution is 2.23. The number of carbonyl (C=O) groups is 2. The lowest BCUT2D eigenvalue weighted by molar-refractivity contribution is 0.0696. The molecule has 0 heterocycles. The average molecular weight is 195 g/mol. The number of amides is 1. The van der Waals surface area contributed by atoms with Crippen molar-refractivity contribution in [2.75, 3.05) is 0 Å². The predicted molar refractivity (Wildman–Crippen MR) is 48.3 cm³/mol. The highest BCUT2D eigenvalue weighted by atomic mass is 16.4. The average Bonchev–Trinajstić information content (AvgIpc) is 2.02. The summed E-state index contributed by atoms with van der Waals surface area (Å²) in [4.78, 5) is 21.6. The Kier molecular flexibility index (Phi) is 2.42. The van der Waals surface area contributed by atoms with E-state index in [1.807, 2.05) is 0 Å². The molecule has 1 amide bonds. The quantitative estimate of drug-likeness (QED) is 0.639. The molecule has 0 atom stereocenters. The fourth-order valence-electron chi connectivity index (χ4n) is 1.24. The number of carboxylic acid groups (broad SMARTS) is 1. The molecule has 0 unspecified atom stereocenters. The van der Waals surface area contributed by atoms with Crippen molar-refractivity contribution in [2.45, 2.75) is 6.92 Å². The topological polar surface area (TPSA) is 101 Å². The second kappa shape index (κ2) is 3.37. The number of aromatic hydroxyl groups is 1. The first-order valence-electron chi connectivity index (χ1n) is 3.80. The molecule has 0 bridgehead atoms. The van der Waals surface area contributed by atoms with E-state index in [1.165, 1.54) is 13.0 Å². The predicted octanol–water partition coefficient (Wildman–Crippen LogP) is 0.498. The van der Waals surface area contributed by atoms with Crippen molar-refractivity contribution in [2.24, 2.45) is 5.73 Å². The van der Waals surface area contributed by atoms with Gasteiger partial charge >= 0.3 is 5.97 Å². The number of hydrogen-bond acceptors (Lipinski definition) is 3. The first-order valence-corrected chi connectivity index (χ1v) is 3.80. The molecule has 0 aliphatic rings. The molecule has 1 aromatic carbocycles. The zero-order chi connectivity index (χ0) is 10.9. The third kappa shape index (κ3) is 1.52. The van der Waals surface area contributed by atoms with Crippen LogP contribution < -0.4 is 5.73 Å². The normalized spacial score (nSPS) is 9.79. The van der Waals surface area contributed by atoms with Crippen molar-refractivity contribution in [3.8, 4) is 5.75 Å². The summed E-state index contributed by atoms with van der Waals surface area (Å²) in [6, 6.07) is 2.36. The van der Waals surface area contributed by atoms with E-state index in [2.05, 4.69) is 0 Å². The maximum atomic E-state index is 10.9. The molecule has 0 aliphatic heterocycles. The van der Waals surface area contributed by atoms with Gasteiger partial charge in [-0.15, -0.1) is 0 Å². The van der Waals surface area contributed by atoms with Gasteiger partial charge in [-0.3, -0.25) is 4.79 Å². The zero-order valence-corrected chi connectivity index (χ0v) is 7.44. The van der Waals surface area contributed by atoms with Gasteiger partial charge in [0, 0.05) is 0 Å². The fourth-order valence-corrected chi connectivity index (χ4v) is 1.24. The summed E-state index contributed by atoms with van der Waals surface area (Å²) in [6.45, 7) is 1.42. The van der Waals surface area contributed by atoms with Crippen LogP contribution in [-0.2, 0) is 0 Å². The van der Waals surface area contributed by atoms with Crippen LogP contribution in [0.25, 0.3) is 0 Å². The Morgan fingerprint density at radius 2 is 1.93 bits per heavy atom. The van der Waals surface area contributed by atoms with Crippen molar-refractivity contribution in [1.29, 1.82) is 0 Å². The third-order valence-corrected chi connectivity index (χ3v) is 1.92. The van der Waals surface area contributed by atoms with Gasteiger partial charge < -0.3 is 15.9 Å². The molecule has 5 heteroatoms. The lowest BCUT2D eigenvalue weighted by Gasteiger charge is -2.07. The van der Waals surface area contributed by atoms with Crippen LogP contribution in [0.3, 0.4) is 0 Å². The molecular weight excluding hydrogens is 186 g/mol. The molecule has 14 heavy (non-hydrogen) atoms. The molecular formula is C9H9NO4. The molecule has 0 spiro atoms. The number of hydrogen-bond donors (Lipinski definition) is 3. The Hall–Kier alpha value is -2.04. The Morgan fingerprint density at radius 3 is 2.36 bits per heavy atom. The summed E-state index contributed by atoms with van der Waals surface area (Å²) in [7, 11) is 0. The molecule has 0 radical (unpaired) electrons. The van der Waals surface area contributed by atoms with Gasteiger partial charge in [0.1, 0.15) is 5.75 Å². The van der Waals surface area contributed by atoms with Gasteiger partial charge in [-0.2, -0.15) is 0 Å². The summed E-state index contributed by atoms with van der Waals surface area (Å²) < 4.78 is 0. The second-order valence-corrected chi connectivity index (χ2v) is 2.80. The van der Waals surface area contributed by atoms with Crippen LogP contribution >= 0.6 is 0 Å². The summed E-state index contributed by atoms with van der Waals surface area (Å²) in [5, 5.41) is 18.0. The van der Waals surface area contributed by atoms with Gasteiger partial charge in [0.25, 0.3) is 5.91 Å². The lowest BCUT2D eigenvalue weighted by Crippen LogP contribution is -2.15. The van der Waals surface area contributed by atoms with Crippen LogP contribution in [0.5, 0.6) is 5.75 Å². The van der Waals surface area contributed by atoms with Crippen molar-refractivity contribution in [3.63, 3.8) is 0 Å². The van der Waals surface area contributed by atoms with Crippen LogP contribution in [0, 0.1) is 6.92 Å². The van der Waals surface area contributed by atoms with Gasteiger partial charge in [0.2, 0.25) is 0 Å². The first kappa shape index (κ1) is 10.0. The Balaban J connectivity index is 3.49. The standard InChI is InChI=1S/C9H9NO4/c1-4-5(9(13)14)2-3-6(11)7(4)8(10)12/h2-3,11H,1H3,(H2,10,12)(H,13,14). The van der Waals surface area contributed by atoms with Crippen LogP contribution in [0.15, 0.2) is 12.1 Å². The third-order valence-electron chi connectivity index (χ3n) is 1.92. The number of aromatic carboxylic acids is 1. The minimum atomic E-state index is -1.16. The molecule has 1 aromatic rings. The molecule has 0 aliphatic carbocycles. The van der Waals surface area contributed by atoms with Gasteiger partial charge in [-0.25, -0.2) is 4.79 Å². The van der Waals surface area contributed by atoms with Crippen LogP contribution in [0.2, 0.25) is 0 Å². The molecule has 0 saturated heterocycles. The number of nitrogens with two attached hydrogens (primary N) is 1. The highest BCUT2D eigenvalue weighted by Gasteiger charge is 2.17. The fraction of sp³-hybridized carbons (Fsp3) is 0.111. The number of phenols is 1. The van der Waals surface area contributed by atoms with E-state index < -0.39 is 11.9 Å². The van der Waals surface area contributed by atoms with Gasteiger partial charge in [0.15, 0.2) is 0 Å². The van der Waals surface area contributed by atoms with E-state index >= 15 is 0 Å². The van der Waals surface area contributed by atoms with Crippen molar-refractivity contribution in [1.82, 2.24) is 0 Å². The van der Waals surface area contributed by atoms with E-state index in [4.69, 9.17) is 10.8 Å². The van der Waals surface area contributed by atoms with E-state index in [0.717, 1.165) is 6.07 Å². The van der Waals surface area contributed by atoms with Crippen molar-refractivity contribution in [3.05, 3.63) is 28.8 Å². The Labute approximate surface area is 79.8 Å². The van der Waals surface area contributed by atoms with E-state index in [0.29, 0.717) is 0 Å². The number of carboxylic acids is 1. The zero-order valence-electron chi connectivity index (χ0n) is 7.44. The van der Waals surface area contributed by atoms with Crippen LogP contribution in [0.1, 0.15) is 26.3 Å². The number of carbonyl (C=O) groups excluding carboxylic acids is 1. The Bertz CT molecular complexity index is 412. The number of rotatable bonds is 2. The van der Waals surface area contributed by atoms with Crippen LogP contribution in [-0.4, -0.2) is 22.1 Å². The SMILES string of the molecule is Cc1c(C(=O)O)ccc(O)c1C(N)=O. The van der Waals surface area contributed by atoms with Gasteiger partial charge in [0.05, 0.1) is 11.1 Å². The van der Waals surface area contributed by atoms with Crippen molar-refractivity contribution < 1.29 is 19.8 Å². The molecule has 74 valence electrons. The largest absolute Gasteiger partial charge is 0.507 e. The molecule has 4 N–H and O–H groups in total. The summed E-state index contributed by atoms with van der Waals surface area (Å²) in [6.07, 6.45) is 0. The molecule has 0 fully saturated rings. The van der Waals surface area contributed by atoms with E-state index in [1.54, 1.807) is 0 Å². The smallest absolute Gasteiger partial charge is 0.335 e. The maximum Gasteiger partial charge on any atom is 0.335 e. The highest BCUT2D eigenvalue weighted by molar-refractivity contribution is 6.01. The van der Waals surface area contributed by atoms with Crippen molar-refractivity contribution >= 4 is 11.9 Å². The van der Waals surface area contributed by atoms with Gasteiger partial charge in [-0.1, -0.05) is 0 Å². The van der Waals surface area contributed by atoms with Gasteiger partial charge in [-0.05, 0) is 24.6 Å². The number of benzene rings is 1. The van der Waals surface area contributed by atoms with E-state index in [9.17, 15) is 14.7 Å². The maximum absolute atomic E-state index is 10.9. The minimum absolute atomic E-state index is 0.0448. The summed E-state index contributed by atoms with van der Waals surface area (Å²) in [5.74, 6) is -2.31. The lowest BCUT2D eigenvalue weighted by atomic mass is 10.0. The summed E-state index contributed by atoms with van der Waals surface area (Å²) >= 11 is 0. The number of primary amides is 1. The van der Waals surface area contributed by atoms with E-state index in [-0.39, 0.29) is 22.4 Å². The minimum Gasteiger partial charge on any atom is -0.507 e. The van der Waals surface area contributed by atoms with Crippen LogP contribution in [0.4, 0.5) is 0 Å². The molecule has 5 nitrogen and oxygen atoms in total. The molecule has 0 saturated carbocycles.